The largest absolute Gasteiger partial charge is 0.386 e. The molecule has 0 bridgehead atoms. The molecule has 23 heavy (non-hydrogen) atoms. The third-order valence-corrected chi connectivity index (χ3v) is 4.47. The molecule has 1 saturated carbocycles. The van der Waals surface area contributed by atoms with E-state index in [2.05, 4.69) is 5.32 Å². The topological polar surface area (TPSA) is 56.1 Å². The zero-order valence-electron chi connectivity index (χ0n) is 14.0. The Hall–Kier alpha value is -2.28. The van der Waals surface area contributed by atoms with Gasteiger partial charge in [0, 0.05) is 25.8 Å². The van der Waals surface area contributed by atoms with Crippen molar-refractivity contribution < 1.29 is 4.79 Å². The van der Waals surface area contributed by atoms with Gasteiger partial charge in [0.05, 0.1) is 0 Å². The Morgan fingerprint density at radius 2 is 1.96 bits per heavy atom. The molecule has 0 unspecified atom stereocenters. The molecule has 1 aliphatic rings. The van der Waals surface area contributed by atoms with Crippen molar-refractivity contribution in [2.24, 2.45) is 0 Å². The van der Waals surface area contributed by atoms with Crippen molar-refractivity contribution in [2.45, 2.75) is 51.6 Å². The van der Waals surface area contributed by atoms with Crippen LogP contribution in [0.4, 0.5) is 0 Å². The van der Waals surface area contributed by atoms with Crippen molar-refractivity contribution in [1.29, 1.82) is 5.26 Å². The monoisotopic (exact) mass is 311 g/mol. The quantitative estimate of drug-likeness (QED) is 0.670. The van der Waals surface area contributed by atoms with Gasteiger partial charge in [0.1, 0.15) is 11.6 Å². The lowest BCUT2D eigenvalue weighted by Crippen LogP contribution is -2.39. The minimum absolute atomic E-state index is 0.171. The molecule has 1 aliphatic carbocycles. The molecule has 0 spiro atoms. The van der Waals surface area contributed by atoms with Gasteiger partial charge in [-0.1, -0.05) is 49.1 Å². The van der Waals surface area contributed by atoms with Gasteiger partial charge in [-0.2, -0.15) is 5.26 Å². The average Bonchev–Trinajstić information content (AvgIpc) is 2.60. The van der Waals surface area contributed by atoms with Crippen LogP contribution in [0.5, 0.6) is 0 Å². The lowest BCUT2D eigenvalue weighted by molar-refractivity contribution is -0.128. The Labute approximate surface area is 138 Å². The first-order valence-electron chi connectivity index (χ1n) is 8.28. The minimum atomic E-state index is -0.184. The minimum Gasteiger partial charge on any atom is -0.386 e. The molecule has 1 N–H and O–H groups in total. The fourth-order valence-electron chi connectivity index (χ4n) is 2.94. The van der Waals surface area contributed by atoms with Crippen LogP contribution >= 0.6 is 0 Å². The van der Waals surface area contributed by atoms with Crippen LogP contribution < -0.4 is 5.32 Å². The SMILES string of the molecule is Cc1ccc(CN/C=C(/C#N)C(=O)N(C)C2CCCCC2)cc1. The van der Waals surface area contributed by atoms with Crippen molar-refractivity contribution in [3.05, 3.63) is 47.2 Å². The Morgan fingerprint density at radius 1 is 1.30 bits per heavy atom. The predicted molar refractivity (Wildman–Crippen MR) is 91.4 cm³/mol. The van der Waals surface area contributed by atoms with E-state index in [1.165, 1.54) is 24.8 Å². The van der Waals surface area contributed by atoms with E-state index in [9.17, 15) is 10.1 Å². The van der Waals surface area contributed by atoms with Crippen LogP contribution in [0, 0.1) is 18.3 Å². The molecule has 1 amide bonds. The van der Waals surface area contributed by atoms with Crippen molar-refractivity contribution in [1.82, 2.24) is 10.2 Å². The number of hydrogen-bond donors (Lipinski definition) is 1. The molecule has 2 rings (SSSR count). The second-order valence-electron chi connectivity index (χ2n) is 6.24. The fraction of sp³-hybridized carbons (Fsp3) is 0.474. The summed E-state index contributed by atoms with van der Waals surface area (Å²) in [5.74, 6) is -0.184. The summed E-state index contributed by atoms with van der Waals surface area (Å²) in [4.78, 5) is 14.2. The molecule has 0 saturated heterocycles. The van der Waals surface area contributed by atoms with Crippen molar-refractivity contribution in [2.75, 3.05) is 7.05 Å². The van der Waals surface area contributed by atoms with Crippen LogP contribution in [-0.4, -0.2) is 23.9 Å². The van der Waals surface area contributed by atoms with Crippen LogP contribution in [0.25, 0.3) is 0 Å². The van der Waals surface area contributed by atoms with Crippen LogP contribution in [0.1, 0.15) is 43.2 Å². The molecule has 4 nitrogen and oxygen atoms in total. The van der Waals surface area contributed by atoms with E-state index < -0.39 is 0 Å². The molecule has 0 heterocycles. The fourth-order valence-corrected chi connectivity index (χ4v) is 2.94. The molecule has 0 aromatic heterocycles. The summed E-state index contributed by atoms with van der Waals surface area (Å²) in [5, 5.41) is 12.4. The van der Waals surface area contributed by atoms with E-state index in [1.54, 1.807) is 11.1 Å². The van der Waals surface area contributed by atoms with Crippen molar-refractivity contribution in [3.63, 3.8) is 0 Å². The number of amides is 1. The van der Waals surface area contributed by atoms with Gasteiger partial charge >= 0.3 is 0 Å². The van der Waals surface area contributed by atoms with Gasteiger partial charge in [0.15, 0.2) is 0 Å². The second-order valence-corrected chi connectivity index (χ2v) is 6.24. The zero-order valence-corrected chi connectivity index (χ0v) is 14.0. The number of likely N-dealkylation sites (N-methyl/N-ethyl adjacent to an activating group) is 1. The molecule has 1 aromatic rings. The van der Waals surface area contributed by atoms with Crippen molar-refractivity contribution in [3.8, 4) is 6.07 Å². The molecule has 4 heteroatoms. The normalized spacial score (nSPS) is 15.8. The standard InChI is InChI=1S/C19H25N3O/c1-15-8-10-16(11-9-15)13-21-14-17(12-20)19(23)22(2)18-6-4-3-5-7-18/h8-11,14,18,21H,3-7,13H2,1-2H3/b17-14-. The van der Waals surface area contributed by atoms with Gasteiger partial charge in [0.25, 0.3) is 5.91 Å². The Bertz CT molecular complexity index is 592. The summed E-state index contributed by atoms with van der Waals surface area (Å²) in [6.07, 6.45) is 7.20. The maximum Gasteiger partial charge on any atom is 0.265 e. The highest BCUT2D eigenvalue weighted by Crippen LogP contribution is 2.22. The number of benzene rings is 1. The van der Waals surface area contributed by atoms with E-state index in [0.29, 0.717) is 6.54 Å². The molecule has 1 aromatic carbocycles. The third-order valence-electron chi connectivity index (χ3n) is 4.47. The molecular formula is C19H25N3O. The maximum absolute atomic E-state index is 12.5. The lowest BCUT2D eigenvalue weighted by Gasteiger charge is -2.31. The number of hydrogen-bond acceptors (Lipinski definition) is 3. The van der Waals surface area contributed by atoms with Gasteiger partial charge in [0.2, 0.25) is 0 Å². The smallest absolute Gasteiger partial charge is 0.265 e. The van der Waals surface area contributed by atoms with Crippen LogP contribution in [-0.2, 0) is 11.3 Å². The summed E-state index contributed by atoms with van der Waals surface area (Å²) in [7, 11) is 1.81. The lowest BCUT2D eigenvalue weighted by atomic mass is 9.94. The number of nitriles is 1. The van der Waals surface area contributed by atoms with Gasteiger partial charge in [-0.15, -0.1) is 0 Å². The summed E-state index contributed by atoms with van der Waals surface area (Å²) in [6.45, 7) is 2.65. The second kappa shape index (κ2) is 8.38. The van der Waals surface area contributed by atoms with E-state index in [4.69, 9.17) is 0 Å². The Balaban J connectivity index is 1.93. The van der Waals surface area contributed by atoms with E-state index in [0.717, 1.165) is 18.4 Å². The highest BCUT2D eigenvalue weighted by Gasteiger charge is 2.24. The molecular weight excluding hydrogens is 286 g/mol. The van der Waals surface area contributed by atoms with Gasteiger partial charge in [-0.25, -0.2) is 0 Å². The van der Waals surface area contributed by atoms with Crippen LogP contribution in [0.3, 0.4) is 0 Å². The summed E-state index contributed by atoms with van der Waals surface area (Å²) in [6, 6.07) is 10.5. The Kier molecular flexibility index (Phi) is 6.22. The zero-order chi connectivity index (χ0) is 16.7. The van der Waals surface area contributed by atoms with Gasteiger partial charge < -0.3 is 10.2 Å². The number of carbonyl (C=O) groups excluding carboxylic acids is 1. The van der Waals surface area contributed by atoms with E-state index >= 15 is 0 Å². The first kappa shape index (κ1) is 17.1. The molecule has 0 radical (unpaired) electrons. The molecule has 0 atom stereocenters. The number of nitrogens with one attached hydrogen (secondary N) is 1. The summed E-state index contributed by atoms with van der Waals surface area (Å²) in [5.41, 5.74) is 2.51. The number of aryl methyl sites for hydroxylation is 1. The first-order chi connectivity index (χ1) is 11.1. The molecule has 122 valence electrons. The number of carbonyl (C=O) groups is 1. The van der Waals surface area contributed by atoms with Crippen molar-refractivity contribution >= 4 is 5.91 Å². The average molecular weight is 311 g/mol. The van der Waals surface area contributed by atoms with Gasteiger partial charge in [-0.05, 0) is 25.3 Å². The molecule has 1 fully saturated rings. The van der Waals surface area contributed by atoms with E-state index in [-0.39, 0.29) is 17.5 Å². The summed E-state index contributed by atoms with van der Waals surface area (Å²) < 4.78 is 0. The first-order valence-corrected chi connectivity index (χ1v) is 8.28. The van der Waals surface area contributed by atoms with Crippen LogP contribution in [0.15, 0.2) is 36.0 Å². The van der Waals surface area contributed by atoms with Crippen LogP contribution in [0.2, 0.25) is 0 Å². The maximum atomic E-state index is 12.5. The Morgan fingerprint density at radius 3 is 2.57 bits per heavy atom. The summed E-state index contributed by atoms with van der Waals surface area (Å²) >= 11 is 0. The highest BCUT2D eigenvalue weighted by molar-refractivity contribution is 5.97. The predicted octanol–water partition coefficient (Wildman–Crippen LogP) is 3.28. The number of nitrogens with zero attached hydrogens (tertiary/aromatic N) is 2. The highest BCUT2D eigenvalue weighted by atomic mass is 16.2. The molecule has 0 aliphatic heterocycles. The third kappa shape index (κ3) is 4.85. The van der Waals surface area contributed by atoms with Gasteiger partial charge in [-0.3, -0.25) is 4.79 Å². The van der Waals surface area contributed by atoms with E-state index in [1.807, 2.05) is 44.3 Å². The number of rotatable bonds is 5.